The molecule has 1 aliphatic rings. The highest BCUT2D eigenvalue weighted by Gasteiger charge is 2.29. The first-order chi connectivity index (χ1) is 13.9. The fourth-order valence-corrected chi connectivity index (χ4v) is 3.32. The number of benzene rings is 1. The summed E-state index contributed by atoms with van der Waals surface area (Å²) in [6.07, 6.45) is -0.667. The van der Waals surface area contributed by atoms with Crippen molar-refractivity contribution in [2.24, 2.45) is 5.92 Å². The quantitative estimate of drug-likeness (QED) is 0.440. The van der Waals surface area contributed by atoms with Gasteiger partial charge in [0.15, 0.2) is 15.6 Å². The molecule has 1 fully saturated rings. The van der Waals surface area contributed by atoms with Crippen LogP contribution < -0.4 is 0 Å². The van der Waals surface area contributed by atoms with Crippen LogP contribution in [-0.2, 0) is 44.7 Å². The molecule has 0 amide bonds. The van der Waals surface area contributed by atoms with Gasteiger partial charge in [0.05, 0.1) is 18.1 Å². The Morgan fingerprint density at radius 3 is 2.50 bits per heavy atom. The van der Waals surface area contributed by atoms with Crippen LogP contribution in [0.25, 0.3) is 0 Å². The number of ether oxygens (including phenoxy) is 5. The van der Waals surface area contributed by atoms with E-state index in [-0.39, 0.29) is 30.3 Å². The molecule has 1 atom stereocenters. The Morgan fingerprint density at radius 2 is 1.87 bits per heavy atom. The Balaban J connectivity index is 1.68. The van der Waals surface area contributed by atoms with Gasteiger partial charge in [0.1, 0.15) is 6.61 Å². The van der Waals surface area contributed by atoms with Crippen molar-refractivity contribution < 1.29 is 41.7 Å². The second kappa shape index (κ2) is 10.2. The summed E-state index contributed by atoms with van der Waals surface area (Å²) >= 11 is 0. The van der Waals surface area contributed by atoms with Crippen LogP contribution in [0.15, 0.2) is 29.2 Å². The lowest BCUT2D eigenvalue weighted by molar-refractivity contribution is -0.265. The van der Waals surface area contributed by atoms with Gasteiger partial charge in [-0.05, 0) is 38.0 Å². The van der Waals surface area contributed by atoms with Gasteiger partial charge in [0.2, 0.25) is 6.29 Å². The van der Waals surface area contributed by atoms with Crippen LogP contribution in [0, 0.1) is 5.92 Å². The molecule has 30 heavy (non-hydrogen) atoms. The van der Waals surface area contributed by atoms with Gasteiger partial charge < -0.3 is 23.7 Å². The molecule has 9 nitrogen and oxygen atoms in total. The van der Waals surface area contributed by atoms with Gasteiger partial charge in [-0.3, -0.25) is 4.79 Å². The maximum atomic E-state index is 12.0. The van der Waals surface area contributed by atoms with Crippen LogP contribution in [0.2, 0.25) is 0 Å². The van der Waals surface area contributed by atoms with Gasteiger partial charge >= 0.3 is 12.1 Å². The summed E-state index contributed by atoms with van der Waals surface area (Å²) in [5.74, 6) is -1.34. The smallest absolute Gasteiger partial charge is 0.434 e. The van der Waals surface area contributed by atoms with Gasteiger partial charge in [-0.25, -0.2) is 13.2 Å². The van der Waals surface area contributed by atoms with Crippen LogP contribution in [-0.4, -0.2) is 58.7 Å². The summed E-state index contributed by atoms with van der Waals surface area (Å²) < 4.78 is 49.1. The molecule has 0 N–H and O–H groups in total. The first-order valence-corrected chi connectivity index (χ1v) is 11.4. The molecule has 0 aromatic heterocycles. The molecule has 2 rings (SSSR count). The second-order valence-corrected chi connectivity index (χ2v) is 9.56. The molecule has 0 saturated carbocycles. The highest BCUT2D eigenvalue weighted by Crippen LogP contribution is 2.20. The Labute approximate surface area is 176 Å². The largest absolute Gasteiger partial charge is 0.511 e. The van der Waals surface area contributed by atoms with E-state index in [1.165, 1.54) is 19.1 Å². The van der Waals surface area contributed by atoms with Gasteiger partial charge in [-0.2, -0.15) is 0 Å². The van der Waals surface area contributed by atoms with Crippen molar-refractivity contribution in [1.82, 2.24) is 0 Å². The standard InChI is InChI=1S/C20H28O9S/c1-14(29-19(22)25-11-16-12-26-20(2,3)27-13-16)28-18(21)9-8-15-6-5-7-17(10-15)30(4,23)24/h5-7,10,14,16H,8-9,11-13H2,1-4H3. The summed E-state index contributed by atoms with van der Waals surface area (Å²) in [5, 5.41) is 0. The van der Waals surface area contributed by atoms with E-state index in [0.717, 1.165) is 6.26 Å². The lowest BCUT2D eigenvalue weighted by atomic mass is 10.1. The molecule has 1 heterocycles. The third-order valence-electron chi connectivity index (χ3n) is 4.27. The molecule has 0 radical (unpaired) electrons. The Hall–Kier alpha value is -2.17. The van der Waals surface area contributed by atoms with Crippen molar-refractivity contribution >= 4 is 22.0 Å². The molecule has 1 aliphatic heterocycles. The zero-order valence-corrected chi connectivity index (χ0v) is 18.4. The highest BCUT2D eigenvalue weighted by atomic mass is 32.2. The molecule has 0 aliphatic carbocycles. The van der Waals surface area contributed by atoms with Gasteiger partial charge in [0, 0.05) is 25.5 Å². The zero-order chi connectivity index (χ0) is 22.4. The summed E-state index contributed by atoms with van der Waals surface area (Å²) in [5.41, 5.74) is 0.683. The number of sulfone groups is 1. The van der Waals surface area contributed by atoms with Crippen molar-refractivity contribution in [1.29, 1.82) is 0 Å². The maximum Gasteiger partial charge on any atom is 0.511 e. The highest BCUT2D eigenvalue weighted by molar-refractivity contribution is 7.90. The number of carbonyl (C=O) groups excluding carboxylic acids is 2. The minimum atomic E-state index is -3.32. The summed E-state index contributed by atoms with van der Waals surface area (Å²) in [6, 6.07) is 6.34. The topological polar surface area (TPSA) is 114 Å². The van der Waals surface area contributed by atoms with Crippen molar-refractivity contribution in [3.63, 3.8) is 0 Å². The summed E-state index contributed by atoms with van der Waals surface area (Å²) in [7, 11) is -3.32. The number of rotatable bonds is 8. The van der Waals surface area contributed by atoms with E-state index in [2.05, 4.69) is 0 Å². The molecule has 168 valence electrons. The summed E-state index contributed by atoms with van der Waals surface area (Å²) in [6.45, 7) is 5.86. The molecule has 1 aromatic rings. The number of hydrogen-bond acceptors (Lipinski definition) is 9. The molecule has 1 unspecified atom stereocenters. The van der Waals surface area contributed by atoms with Crippen LogP contribution in [0.4, 0.5) is 4.79 Å². The third kappa shape index (κ3) is 8.29. The average molecular weight is 445 g/mol. The van der Waals surface area contributed by atoms with E-state index in [4.69, 9.17) is 23.7 Å². The Bertz CT molecular complexity index is 838. The van der Waals surface area contributed by atoms with E-state index in [9.17, 15) is 18.0 Å². The van der Waals surface area contributed by atoms with E-state index in [1.54, 1.807) is 26.0 Å². The van der Waals surface area contributed by atoms with E-state index < -0.39 is 34.0 Å². The van der Waals surface area contributed by atoms with E-state index in [0.29, 0.717) is 18.8 Å². The molecule has 0 bridgehead atoms. The molecule has 1 aromatic carbocycles. The average Bonchev–Trinajstić information content (AvgIpc) is 2.65. The molecular formula is C20H28O9S. The molecular weight excluding hydrogens is 416 g/mol. The SMILES string of the molecule is CC(OC(=O)CCc1cccc(S(C)(=O)=O)c1)OC(=O)OCC1COC(C)(C)OC1. The van der Waals surface area contributed by atoms with Crippen LogP contribution in [0.5, 0.6) is 0 Å². The van der Waals surface area contributed by atoms with Crippen LogP contribution in [0.1, 0.15) is 32.8 Å². The number of aryl methyl sites for hydroxylation is 1. The fourth-order valence-electron chi connectivity index (χ4n) is 2.62. The Kier molecular flexibility index (Phi) is 8.22. The second-order valence-electron chi connectivity index (χ2n) is 7.54. The van der Waals surface area contributed by atoms with Crippen molar-refractivity contribution in [2.45, 2.75) is 50.6 Å². The van der Waals surface area contributed by atoms with E-state index >= 15 is 0 Å². The number of hydrogen-bond donors (Lipinski definition) is 0. The van der Waals surface area contributed by atoms with Gasteiger partial charge in [-0.1, -0.05) is 12.1 Å². The van der Waals surface area contributed by atoms with E-state index in [1.807, 2.05) is 0 Å². The third-order valence-corrected chi connectivity index (χ3v) is 5.38. The minimum absolute atomic E-state index is 0.00248. The predicted octanol–water partition coefficient (Wildman–Crippen LogP) is 2.46. The number of esters is 1. The van der Waals surface area contributed by atoms with Crippen LogP contribution >= 0.6 is 0 Å². The van der Waals surface area contributed by atoms with Crippen molar-refractivity contribution in [3.05, 3.63) is 29.8 Å². The van der Waals surface area contributed by atoms with Gasteiger partial charge in [-0.15, -0.1) is 0 Å². The van der Waals surface area contributed by atoms with Crippen molar-refractivity contribution in [3.8, 4) is 0 Å². The first kappa shape index (κ1) is 24.1. The predicted molar refractivity (Wildman–Crippen MR) is 105 cm³/mol. The fraction of sp³-hybridized carbons (Fsp3) is 0.600. The number of carbonyl (C=O) groups is 2. The lowest BCUT2D eigenvalue weighted by Crippen LogP contribution is -2.41. The first-order valence-electron chi connectivity index (χ1n) is 9.54. The lowest BCUT2D eigenvalue weighted by Gasteiger charge is -2.34. The molecule has 0 spiro atoms. The molecule has 10 heteroatoms. The van der Waals surface area contributed by atoms with Crippen LogP contribution in [0.3, 0.4) is 0 Å². The Morgan fingerprint density at radius 1 is 1.20 bits per heavy atom. The monoisotopic (exact) mass is 444 g/mol. The molecule has 1 saturated heterocycles. The van der Waals surface area contributed by atoms with Crippen molar-refractivity contribution in [2.75, 3.05) is 26.1 Å². The minimum Gasteiger partial charge on any atom is -0.434 e. The normalized spacial score (nSPS) is 17.7. The van der Waals surface area contributed by atoms with Gasteiger partial charge in [0.25, 0.3) is 0 Å². The maximum absolute atomic E-state index is 12.0. The summed E-state index contributed by atoms with van der Waals surface area (Å²) in [4.78, 5) is 23.9. The zero-order valence-electron chi connectivity index (χ0n) is 17.6.